The fourth-order valence-corrected chi connectivity index (χ4v) is 3.36. The first kappa shape index (κ1) is 21.6. The van der Waals surface area contributed by atoms with E-state index < -0.39 is 0 Å². The lowest BCUT2D eigenvalue weighted by Crippen LogP contribution is -2.39. The molecule has 158 valence electrons. The Labute approximate surface area is 179 Å². The van der Waals surface area contributed by atoms with Crippen molar-refractivity contribution in [3.63, 3.8) is 0 Å². The van der Waals surface area contributed by atoms with Crippen molar-refractivity contribution >= 4 is 5.96 Å². The summed E-state index contributed by atoms with van der Waals surface area (Å²) in [7, 11) is 3.99. The molecule has 2 N–H and O–H groups in total. The fourth-order valence-electron chi connectivity index (χ4n) is 3.36. The molecule has 1 unspecified atom stereocenters. The zero-order chi connectivity index (χ0) is 21.2. The molecular weight excluding hydrogens is 372 g/mol. The number of guanidine groups is 1. The van der Waals surface area contributed by atoms with Crippen LogP contribution in [-0.4, -0.2) is 47.1 Å². The maximum atomic E-state index is 4.37. The molecule has 1 heterocycles. The molecule has 6 heteroatoms. The van der Waals surface area contributed by atoms with Gasteiger partial charge in [0.15, 0.2) is 5.96 Å². The second-order valence-corrected chi connectivity index (χ2v) is 7.49. The molecule has 3 aromatic rings. The van der Waals surface area contributed by atoms with Crippen molar-refractivity contribution in [2.24, 2.45) is 4.99 Å². The molecule has 3 rings (SSSR count). The molecule has 0 radical (unpaired) electrons. The number of hydrogen-bond acceptors (Lipinski definition) is 3. The molecule has 6 nitrogen and oxygen atoms in total. The Morgan fingerprint density at radius 1 is 1.10 bits per heavy atom. The SMILES string of the molecule is CN=C(NCCC(C)N(C)Cc1ccccc1)NCc1ccccc1-n1ccnc1. The Hall–Kier alpha value is -3.12. The van der Waals surface area contributed by atoms with Gasteiger partial charge in [0.2, 0.25) is 0 Å². The minimum absolute atomic E-state index is 0.470. The van der Waals surface area contributed by atoms with Crippen LogP contribution in [0.25, 0.3) is 5.69 Å². The van der Waals surface area contributed by atoms with E-state index in [4.69, 9.17) is 0 Å². The van der Waals surface area contributed by atoms with Gasteiger partial charge in [0, 0.05) is 45.1 Å². The Balaban J connectivity index is 1.45. The van der Waals surface area contributed by atoms with Gasteiger partial charge in [-0.15, -0.1) is 0 Å². The molecule has 0 amide bonds. The number of hydrogen-bond donors (Lipinski definition) is 2. The highest BCUT2D eigenvalue weighted by Crippen LogP contribution is 2.13. The number of imidazole rings is 1. The minimum Gasteiger partial charge on any atom is -0.356 e. The van der Waals surface area contributed by atoms with Crippen LogP contribution in [0, 0.1) is 0 Å². The van der Waals surface area contributed by atoms with Gasteiger partial charge in [0.25, 0.3) is 0 Å². The lowest BCUT2D eigenvalue weighted by atomic mass is 10.1. The van der Waals surface area contributed by atoms with Gasteiger partial charge in [-0.05, 0) is 37.6 Å². The quantitative estimate of drug-likeness (QED) is 0.424. The molecule has 0 bridgehead atoms. The Morgan fingerprint density at radius 3 is 2.60 bits per heavy atom. The van der Waals surface area contributed by atoms with Gasteiger partial charge in [-0.3, -0.25) is 9.89 Å². The van der Waals surface area contributed by atoms with E-state index >= 15 is 0 Å². The van der Waals surface area contributed by atoms with Gasteiger partial charge in [-0.25, -0.2) is 4.98 Å². The Bertz CT molecular complexity index is 904. The van der Waals surface area contributed by atoms with Crippen LogP contribution in [0.4, 0.5) is 0 Å². The predicted molar refractivity (Wildman–Crippen MR) is 124 cm³/mol. The normalized spacial score (nSPS) is 12.7. The highest BCUT2D eigenvalue weighted by molar-refractivity contribution is 5.79. The van der Waals surface area contributed by atoms with E-state index in [1.165, 1.54) is 11.1 Å². The lowest BCUT2D eigenvalue weighted by Gasteiger charge is -2.25. The van der Waals surface area contributed by atoms with E-state index in [1.54, 1.807) is 6.20 Å². The van der Waals surface area contributed by atoms with Gasteiger partial charge in [0.05, 0.1) is 12.0 Å². The second kappa shape index (κ2) is 11.2. The van der Waals surface area contributed by atoms with Crippen LogP contribution in [0.3, 0.4) is 0 Å². The summed E-state index contributed by atoms with van der Waals surface area (Å²) in [6.07, 6.45) is 6.61. The summed E-state index contributed by atoms with van der Waals surface area (Å²) in [5, 5.41) is 6.86. The van der Waals surface area contributed by atoms with Crippen LogP contribution in [0.2, 0.25) is 0 Å². The lowest BCUT2D eigenvalue weighted by molar-refractivity contribution is 0.238. The van der Waals surface area contributed by atoms with Crippen molar-refractivity contribution in [2.45, 2.75) is 32.5 Å². The molecule has 0 aliphatic rings. The number of aliphatic imine (C=N–C) groups is 1. The highest BCUT2D eigenvalue weighted by atomic mass is 15.2. The first-order chi connectivity index (χ1) is 14.7. The fraction of sp³-hybridized carbons (Fsp3) is 0.333. The van der Waals surface area contributed by atoms with Crippen LogP contribution in [0.1, 0.15) is 24.5 Å². The molecule has 30 heavy (non-hydrogen) atoms. The summed E-state index contributed by atoms with van der Waals surface area (Å²) in [5.74, 6) is 0.813. The largest absolute Gasteiger partial charge is 0.356 e. The molecule has 0 aliphatic heterocycles. The average molecular weight is 405 g/mol. The van der Waals surface area contributed by atoms with Gasteiger partial charge in [0.1, 0.15) is 0 Å². The maximum absolute atomic E-state index is 4.37. The third kappa shape index (κ3) is 6.19. The van der Waals surface area contributed by atoms with E-state index in [9.17, 15) is 0 Å². The third-order valence-corrected chi connectivity index (χ3v) is 5.33. The van der Waals surface area contributed by atoms with Crippen LogP contribution in [0.15, 0.2) is 78.3 Å². The standard InChI is InChI=1S/C24H32N6/c1-20(29(3)18-21-9-5-4-6-10-21)13-14-27-24(25-2)28-17-22-11-7-8-12-23(22)30-16-15-26-19-30/h4-12,15-16,19-20H,13-14,17-18H2,1-3H3,(H2,25,27,28). The monoisotopic (exact) mass is 404 g/mol. The minimum atomic E-state index is 0.470. The molecule has 0 aliphatic carbocycles. The molecule has 0 saturated carbocycles. The van der Waals surface area contributed by atoms with Gasteiger partial charge >= 0.3 is 0 Å². The number of rotatable bonds is 9. The first-order valence-corrected chi connectivity index (χ1v) is 10.4. The first-order valence-electron chi connectivity index (χ1n) is 10.4. The number of aromatic nitrogens is 2. The van der Waals surface area contributed by atoms with Crippen molar-refractivity contribution in [1.29, 1.82) is 0 Å². The molecule has 1 atom stereocenters. The van der Waals surface area contributed by atoms with Gasteiger partial charge in [-0.1, -0.05) is 48.5 Å². The van der Waals surface area contributed by atoms with Crippen molar-refractivity contribution in [3.05, 3.63) is 84.4 Å². The van der Waals surface area contributed by atoms with Crippen LogP contribution < -0.4 is 10.6 Å². The van der Waals surface area contributed by atoms with E-state index in [1.807, 2.05) is 30.2 Å². The van der Waals surface area contributed by atoms with Crippen LogP contribution in [0.5, 0.6) is 0 Å². The van der Waals surface area contributed by atoms with Crippen molar-refractivity contribution in [1.82, 2.24) is 25.1 Å². The predicted octanol–water partition coefficient (Wildman–Crippen LogP) is 3.45. The van der Waals surface area contributed by atoms with Crippen molar-refractivity contribution in [3.8, 4) is 5.69 Å². The zero-order valence-electron chi connectivity index (χ0n) is 18.1. The summed E-state index contributed by atoms with van der Waals surface area (Å²) >= 11 is 0. The molecule has 2 aromatic carbocycles. The average Bonchev–Trinajstić information content (AvgIpc) is 3.31. The van der Waals surface area contributed by atoms with E-state index in [-0.39, 0.29) is 0 Å². The van der Waals surface area contributed by atoms with Crippen molar-refractivity contribution < 1.29 is 0 Å². The maximum Gasteiger partial charge on any atom is 0.191 e. The molecule has 1 aromatic heterocycles. The summed E-state index contributed by atoms with van der Waals surface area (Å²) in [6, 6.07) is 19.4. The van der Waals surface area contributed by atoms with Gasteiger partial charge < -0.3 is 15.2 Å². The molecule has 0 spiro atoms. The van der Waals surface area contributed by atoms with Gasteiger partial charge in [-0.2, -0.15) is 0 Å². The summed E-state index contributed by atoms with van der Waals surface area (Å²) < 4.78 is 2.03. The Kier molecular flexibility index (Phi) is 8.03. The summed E-state index contributed by atoms with van der Waals surface area (Å²) in [5.41, 5.74) is 3.65. The third-order valence-electron chi connectivity index (χ3n) is 5.33. The Morgan fingerprint density at radius 2 is 1.87 bits per heavy atom. The molecule has 0 saturated heterocycles. The topological polar surface area (TPSA) is 57.5 Å². The van der Waals surface area contributed by atoms with Crippen LogP contribution >= 0.6 is 0 Å². The van der Waals surface area contributed by atoms with Crippen LogP contribution in [-0.2, 0) is 13.1 Å². The molecule has 0 fully saturated rings. The zero-order valence-corrected chi connectivity index (χ0v) is 18.1. The molecular formula is C24H32N6. The smallest absolute Gasteiger partial charge is 0.191 e. The summed E-state index contributed by atoms with van der Waals surface area (Å²) in [6.45, 7) is 4.78. The number of nitrogens with one attached hydrogen (secondary N) is 2. The number of nitrogens with zero attached hydrogens (tertiary/aromatic N) is 4. The second-order valence-electron chi connectivity index (χ2n) is 7.49. The number of benzene rings is 2. The van der Waals surface area contributed by atoms with E-state index in [0.717, 1.165) is 31.2 Å². The van der Waals surface area contributed by atoms with E-state index in [0.29, 0.717) is 12.6 Å². The highest BCUT2D eigenvalue weighted by Gasteiger charge is 2.10. The van der Waals surface area contributed by atoms with E-state index in [2.05, 4.69) is 88.0 Å². The van der Waals surface area contributed by atoms with Crippen molar-refractivity contribution in [2.75, 3.05) is 20.6 Å². The number of para-hydroxylation sites is 1. The summed E-state index contributed by atoms with van der Waals surface area (Å²) in [4.78, 5) is 10.9.